The monoisotopic (exact) mass is 339 g/mol. The average Bonchev–Trinajstić information content (AvgIpc) is 2.89. The zero-order valence-electron chi connectivity index (χ0n) is 12.0. The van der Waals surface area contributed by atoms with Gasteiger partial charge in [-0.3, -0.25) is 0 Å². The van der Waals surface area contributed by atoms with Crippen LogP contribution in [0.25, 0.3) is 11.4 Å². The van der Waals surface area contributed by atoms with Crippen LogP contribution in [0.2, 0.25) is 0 Å². The minimum Gasteiger partial charge on any atom is -0.496 e. The quantitative estimate of drug-likeness (QED) is 0.904. The van der Waals surface area contributed by atoms with Crippen LogP contribution in [0.1, 0.15) is 26.7 Å². The van der Waals surface area contributed by atoms with E-state index in [0.29, 0.717) is 11.7 Å². The van der Waals surface area contributed by atoms with Crippen LogP contribution in [0.3, 0.4) is 0 Å². The van der Waals surface area contributed by atoms with Crippen molar-refractivity contribution < 1.29 is 9.26 Å². The van der Waals surface area contributed by atoms with Gasteiger partial charge in [0.25, 0.3) is 0 Å². The average molecular weight is 340 g/mol. The van der Waals surface area contributed by atoms with Crippen molar-refractivity contribution in [3.8, 4) is 17.1 Å². The van der Waals surface area contributed by atoms with Crippen LogP contribution in [0.15, 0.2) is 27.2 Å². The molecule has 0 aliphatic rings. The van der Waals surface area contributed by atoms with Crippen LogP contribution < -0.4 is 10.1 Å². The van der Waals surface area contributed by atoms with E-state index in [9.17, 15) is 0 Å². The lowest BCUT2D eigenvalue weighted by Crippen LogP contribution is -2.36. The minimum atomic E-state index is -0.344. The van der Waals surface area contributed by atoms with Gasteiger partial charge in [-0.15, -0.1) is 0 Å². The number of hydrogen-bond donors (Lipinski definition) is 1. The third-order valence-electron chi connectivity index (χ3n) is 2.99. The first-order chi connectivity index (χ1) is 9.47. The largest absolute Gasteiger partial charge is 0.496 e. The molecule has 0 saturated heterocycles. The predicted molar refractivity (Wildman–Crippen MR) is 80.7 cm³/mol. The van der Waals surface area contributed by atoms with Crippen LogP contribution in [-0.2, 0) is 5.54 Å². The Hall–Kier alpha value is -1.40. The van der Waals surface area contributed by atoms with Gasteiger partial charge in [-0.1, -0.05) is 12.1 Å². The summed E-state index contributed by atoms with van der Waals surface area (Å²) in [5.74, 6) is 1.90. The number of halogens is 1. The summed E-state index contributed by atoms with van der Waals surface area (Å²) in [6.07, 6.45) is 0. The van der Waals surface area contributed by atoms with Gasteiger partial charge in [0.1, 0.15) is 5.75 Å². The Bertz CT molecular complexity index is 596. The van der Waals surface area contributed by atoms with Crippen molar-refractivity contribution in [2.24, 2.45) is 0 Å². The molecule has 0 saturated carbocycles. The van der Waals surface area contributed by atoms with Gasteiger partial charge in [0.15, 0.2) is 0 Å². The third-order valence-corrected chi connectivity index (χ3v) is 3.61. The molecule has 0 unspecified atom stereocenters. The Morgan fingerprint density at radius 1 is 1.40 bits per heavy atom. The molecule has 0 bridgehead atoms. The molecule has 20 heavy (non-hydrogen) atoms. The second-order valence-corrected chi connectivity index (χ2v) is 5.78. The Morgan fingerprint density at radius 3 is 2.75 bits per heavy atom. The predicted octanol–water partition coefficient (Wildman–Crippen LogP) is 3.35. The zero-order chi connectivity index (χ0) is 14.8. The van der Waals surface area contributed by atoms with E-state index in [0.717, 1.165) is 22.3 Å². The molecule has 0 aliphatic heterocycles. The van der Waals surface area contributed by atoms with Crippen molar-refractivity contribution in [3.05, 3.63) is 28.6 Å². The summed E-state index contributed by atoms with van der Waals surface area (Å²) < 4.78 is 11.4. The van der Waals surface area contributed by atoms with E-state index in [2.05, 4.69) is 31.4 Å². The van der Waals surface area contributed by atoms with Crippen LogP contribution in [0.5, 0.6) is 5.75 Å². The van der Waals surface area contributed by atoms with E-state index in [4.69, 9.17) is 9.26 Å². The van der Waals surface area contributed by atoms with Gasteiger partial charge in [0.2, 0.25) is 11.7 Å². The highest BCUT2D eigenvalue weighted by Gasteiger charge is 2.26. The summed E-state index contributed by atoms with van der Waals surface area (Å²) in [6, 6.07) is 5.68. The van der Waals surface area contributed by atoms with Crippen LogP contribution in [-0.4, -0.2) is 23.8 Å². The fourth-order valence-corrected chi connectivity index (χ4v) is 2.46. The van der Waals surface area contributed by atoms with Gasteiger partial charge >= 0.3 is 0 Å². The number of ether oxygens (including phenoxy) is 1. The number of rotatable bonds is 5. The van der Waals surface area contributed by atoms with E-state index in [1.807, 2.05) is 39.0 Å². The molecular formula is C14H18BrN3O2. The molecule has 0 spiro atoms. The number of nitrogens with one attached hydrogen (secondary N) is 1. The molecule has 0 aliphatic carbocycles. The molecule has 6 heteroatoms. The maximum absolute atomic E-state index is 5.36. The minimum absolute atomic E-state index is 0.344. The first-order valence-electron chi connectivity index (χ1n) is 6.41. The smallest absolute Gasteiger partial charge is 0.246 e. The molecule has 0 radical (unpaired) electrons. The van der Waals surface area contributed by atoms with Crippen molar-refractivity contribution >= 4 is 15.9 Å². The van der Waals surface area contributed by atoms with E-state index < -0.39 is 0 Å². The highest BCUT2D eigenvalue weighted by molar-refractivity contribution is 9.10. The van der Waals surface area contributed by atoms with E-state index >= 15 is 0 Å². The Kier molecular flexibility index (Phi) is 4.45. The summed E-state index contributed by atoms with van der Waals surface area (Å²) in [4.78, 5) is 4.47. The second kappa shape index (κ2) is 5.93. The van der Waals surface area contributed by atoms with E-state index in [1.165, 1.54) is 0 Å². The summed E-state index contributed by atoms with van der Waals surface area (Å²) in [5, 5.41) is 7.35. The number of aromatic nitrogens is 2. The van der Waals surface area contributed by atoms with Crippen molar-refractivity contribution in [1.29, 1.82) is 0 Å². The molecule has 2 aromatic rings. The number of benzene rings is 1. The molecule has 108 valence electrons. The van der Waals surface area contributed by atoms with Crippen LogP contribution in [0, 0.1) is 0 Å². The molecule has 1 heterocycles. The Labute approximate surface area is 126 Å². The molecule has 0 amide bonds. The fraction of sp³-hybridized carbons (Fsp3) is 0.429. The van der Waals surface area contributed by atoms with Crippen molar-refractivity contribution in [3.63, 3.8) is 0 Å². The van der Waals surface area contributed by atoms with Crippen molar-refractivity contribution in [2.75, 3.05) is 13.7 Å². The standard InChI is InChI=1S/C14H18BrN3O2/c1-5-16-14(2,3)13-17-12(18-20-13)9-6-7-11(19-4)10(15)8-9/h6-8,16H,5H2,1-4H3. The first-order valence-corrected chi connectivity index (χ1v) is 7.20. The van der Waals surface area contributed by atoms with Gasteiger partial charge in [0.05, 0.1) is 17.1 Å². The van der Waals surface area contributed by atoms with E-state index in [1.54, 1.807) is 7.11 Å². The lowest BCUT2D eigenvalue weighted by atomic mass is 10.1. The number of nitrogens with zero attached hydrogens (tertiary/aromatic N) is 2. The van der Waals surface area contributed by atoms with E-state index in [-0.39, 0.29) is 5.54 Å². The second-order valence-electron chi connectivity index (χ2n) is 4.93. The molecule has 1 N–H and O–H groups in total. The molecule has 5 nitrogen and oxygen atoms in total. The molecule has 1 aromatic carbocycles. The van der Waals surface area contributed by atoms with Gasteiger partial charge in [-0.05, 0) is 54.5 Å². The summed E-state index contributed by atoms with van der Waals surface area (Å²) in [6.45, 7) is 6.90. The summed E-state index contributed by atoms with van der Waals surface area (Å²) >= 11 is 3.45. The van der Waals surface area contributed by atoms with Gasteiger partial charge in [-0.2, -0.15) is 4.98 Å². The SMILES string of the molecule is CCNC(C)(C)c1nc(-c2ccc(OC)c(Br)c2)no1. The highest BCUT2D eigenvalue weighted by Crippen LogP contribution is 2.30. The lowest BCUT2D eigenvalue weighted by molar-refractivity contribution is 0.272. The van der Waals surface area contributed by atoms with Crippen LogP contribution in [0.4, 0.5) is 0 Å². The topological polar surface area (TPSA) is 60.2 Å². The molecule has 0 atom stereocenters. The van der Waals surface area contributed by atoms with Gasteiger partial charge in [0, 0.05) is 5.56 Å². The zero-order valence-corrected chi connectivity index (χ0v) is 13.6. The normalized spacial score (nSPS) is 11.7. The highest BCUT2D eigenvalue weighted by atomic mass is 79.9. The first kappa shape index (κ1) is 15.0. The number of hydrogen-bond acceptors (Lipinski definition) is 5. The van der Waals surface area contributed by atoms with Crippen LogP contribution >= 0.6 is 15.9 Å². The maximum Gasteiger partial charge on any atom is 0.246 e. The van der Waals surface area contributed by atoms with Crippen molar-refractivity contribution in [2.45, 2.75) is 26.3 Å². The summed E-state index contributed by atoms with van der Waals surface area (Å²) in [5.41, 5.74) is 0.531. The van der Waals surface area contributed by atoms with Crippen molar-refractivity contribution in [1.82, 2.24) is 15.5 Å². The fourth-order valence-electron chi connectivity index (χ4n) is 1.92. The number of methoxy groups -OCH3 is 1. The molecule has 2 rings (SSSR count). The molecular weight excluding hydrogens is 322 g/mol. The Balaban J connectivity index is 2.31. The van der Waals surface area contributed by atoms with Gasteiger partial charge < -0.3 is 14.6 Å². The Morgan fingerprint density at radius 2 is 2.15 bits per heavy atom. The molecule has 1 aromatic heterocycles. The van der Waals surface area contributed by atoms with Gasteiger partial charge in [-0.25, -0.2) is 0 Å². The molecule has 0 fully saturated rings. The maximum atomic E-state index is 5.36. The third kappa shape index (κ3) is 3.02. The summed E-state index contributed by atoms with van der Waals surface area (Å²) in [7, 11) is 1.63. The lowest BCUT2D eigenvalue weighted by Gasteiger charge is -2.20.